The molecule has 2 fully saturated rings. The van der Waals surface area contributed by atoms with Gasteiger partial charge in [-0.2, -0.15) is 0 Å². The molecule has 0 saturated carbocycles. The molecular weight excluding hydrogens is 507 g/mol. The van der Waals surface area contributed by atoms with Crippen molar-refractivity contribution in [3.63, 3.8) is 0 Å². The number of nitrogens with one attached hydrogen (secondary N) is 1. The Morgan fingerprint density at radius 3 is 2.05 bits per heavy atom. The molecule has 2 aliphatic heterocycles. The van der Waals surface area contributed by atoms with Crippen LogP contribution in [0, 0.1) is 5.82 Å². The van der Waals surface area contributed by atoms with Crippen LogP contribution in [-0.2, 0) is 11.3 Å². The highest BCUT2D eigenvalue weighted by atomic mass is 19.1. The number of likely N-dealkylation sites (tertiary alicyclic amines) is 1. The number of piperazine rings is 1. The minimum Gasteiger partial charge on any atom is -0.498 e. The highest BCUT2D eigenvalue weighted by Gasteiger charge is 2.54. The van der Waals surface area contributed by atoms with Gasteiger partial charge in [0.25, 0.3) is 6.09 Å². The predicted molar refractivity (Wildman–Crippen MR) is 154 cm³/mol. The van der Waals surface area contributed by atoms with E-state index >= 15 is 0 Å². The predicted octanol–water partition coefficient (Wildman–Crippen LogP) is 4.58. The molecule has 2 aliphatic rings. The van der Waals surface area contributed by atoms with E-state index in [0.717, 1.165) is 36.2 Å². The molecule has 2 aromatic carbocycles. The van der Waals surface area contributed by atoms with E-state index in [1.54, 1.807) is 12.1 Å². The second-order valence-electron chi connectivity index (χ2n) is 12.8. The number of amides is 2. The van der Waals surface area contributed by atoms with Crippen molar-refractivity contribution in [2.75, 3.05) is 31.5 Å². The molecule has 2 amide bonds. The highest BCUT2D eigenvalue weighted by molar-refractivity contribution is 5.83. The molecular formula is C32H45FN4O3. The maximum Gasteiger partial charge on any atom is 0.258 e. The number of carbonyl (C=O) groups is 2. The molecule has 2 unspecified atom stereocenters. The van der Waals surface area contributed by atoms with Crippen molar-refractivity contribution < 1.29 is 23.6 Å². The van der Waals surface area contributed by atoms with Gasteiger partial charge in [-0.05, 0) is 89.8 Å². The van der Waals surface area contributed by atoms with Gasteiger partial charge in [0.15, 0.2) is 0 Å². The molecule has 4 rings (SSSR count). The Bertz CT molecular complexity index is 1160. The second-order valence-corrected chi connectivity index (χ2v) is 12.8. The molecule has 7 nitrogen and oxygen atoms in total. The van der Waals surface area contributed by atoms with E-state index in [2.05, 4.69) is 22.3 Å². The standard InChI is InChI=1S/C32H45FN4O3/c1-22-19-35(20-23(2)37(22,31(39)40)32(4,5)6)21-25-7-9-26(10-8-25)24(3)30(38)36-17-15-29(16-18-36)34-28-13-11-27(33)12-14-28/h7-14,22-24,29,34H,15-21H2,1-6H3/t22-,23+,24?,37?. The van der Waals surface area contributed by atoms with Gasteiger partial charge in [0.1, 0.15) is 17.9 Å². The van der Waals surface area contributed by atoms with Crippen molar-refractivity contribution in [1.82, 2.24) is 9.80 Å². The summed E-state index contributed by atoms with van der Waals surface area (Å²) < 4.78 is 13.1. The molecule has 8 heteroatoms. The number of halogens is 1. The topological polar surface area (TPSA) is 75.7 Å². The number of hydrogen-bond acceptors (Lipinski definition) is 5. The summed E-state index contributed by atoms with van der Waals surface area (Å²) in [7, 11) is 0. The monoisotopic (exact) mass is 552 g/mol. The molecule has 0 spiro atoms. The van der Waals surface area contributed by atoms with Crippen molar-refractivity contribution in [2.45, 2.75) is 90.5 Å². The number of hydrogen-bond donors (Lipinski definition) is 1. The van der Waals surface area contributed by atoms with E-state index in [9.17, 15) is 19.1 Å². The second kappa shape index (κ2) is 11.9. The summed E-state index contributed by atoms with van der Waals surface area (Å²) in [6.07, 6.45) is 0.715. The van der Waals surface area contributed by atoms with E-state index in [1.165, 1.54) is 12.1 Å². The molecule has 0 aromatic heterocycles. The number of carbonyl (C=O) groups excluding carboxylic acids is 2. The van der Waals surface area contributed by atoms with Crippen LogP contribution < -0.4 is 10.4 Å². The van der Waals surface area contributed by atoms with Crippen LogP contribution in [0.2, 0.25) is 0 Å². The van der Waals surface area contributed by atoms with Gasteiger partial charge in [-0.25, -0.2) is 4.39 Å². The first-order valence-corrected chi connectivity index (χ1v) is 14.5. The minimum absolute atomic E-state index is 0.0401. The van der Waals surface area contributed by atoms with Crippen LogP contribution in [0.3, 0.4) is 0 Å². The van der Waals surface area contributed by atoms with Gasteiger partial charge < -0.3 is 20.1 Å². The van der Waals surface area contributed by atoms with Gasteiger partial charge in [0, 0.05) is 31.4 Å². The third-order valence-corrected chi connectivity index (χ3v) is 9.13. The average molecular weight is 553 g/mol. The third kappa shape index (κ3) is 6.03. The van der Waals surface area contributed by atoms with Crippen LogP contribution in [0.4, 0.5) is 14.9 Å². The number of quaternary nitrogens is 1. The summed E-state index contributed by atoms with van der Waals surface area (Å²) in [5.74, 6) is -0.327. The van der Waals surface area contributed by atoms with Crippen LogP contribution in [0.15, 0.2) is 48.5 Å². The number of rotatable bonds is 6. The van der Waals surface area contributed by atoms with Crippen molar-refractivity contribution >= 4 is 17.7 Å². The Morgan fingerprint density at radius 2 is 1.55 bits per heavy atom. The van der Waals surface area contributed by atoms with Gasteiger partial charge in [-0.1, -0.05) is 24.3 Å². The fourth-order valence-corrected chi connectivity index (χ4v) is 7.21. The SMILES string of the molecule is CC(C(=O)N1CCC(Nc2ccc(F)cc2)CC1)c1ccc(CN2C[C@@H](C)[N+](C(=O)[O-])(C(C)(C)C)[C@@H](C)C2)cc1. The van der Waals surface area contributed by atoms with Crippen molar-refractivity contribution in [2.24, 2.45) is 0 Å². The molecule has 4 atom stereocenters. The molecule has 40 heavy (non-hydrogen) atoms. The van der Waals surface area contributed by atoms with Gasteiger partial charge in [-0.3, -0.25) is 14.2 Å². The highest BCUT2D eigenvalue weighted by Crippen LogP contribution is 2.36. The largest absolute Gasteiger partial charge is 0.498 e. The Balaban J connectivity index is 1.31. The maximum absolute atomic E-state index is 13.3. The van der Waals surface area contributed by atoms with Gasteiger partial charge in [0.05, 0.1) is 24.5 Å². The van der Waals surface area contributed by atoms with Crippen LogP contribution in [-0.4, -0.2) is 76.1 Å². The van der Waals surface area contributed by atoms with Crippen LogP contribution in [0.1, 0.15) is 71.4 Å². The quantitative estimate of drug-likeness (QED) is 0.531. The molecule has 218 valence electrons. The maximum atomic E-state index is 13.3. The van der Waals surface area contributed by atoms with Crippen LogP contribution in [0.25, 0.3) is 0 Å². The fraction of sp³-hybridized carbons (Fsp3) is 0.562. The summed E-state index contributed by atoms with van der Waals surface area (Å²) in [4.78, 5) is 29.9. The van der Waals surface area contributed by atoms with Gasteiger partial charge in [-0.15, -0.1) is 0 Å². The van der Waals surface area contributed by atoms with Gasteiger partial charge >= 0.3 is 0 Å². The molecule has 2 aromatic rings. The number of carboxylic acid groups (broad SMARTS) is 1. The normalized spacial score (nSPS) is 25.4. The molecule has 1 N–H and O–H groups in total. The first kappa shape index (κ1) is 30.0. The van der Waals surface area contributed by atoms with E-state index in [4.69, 9.17) is 0 Å². The van der Waals surface area contributed by atoms with Gasteiger partial charge in [0.2, 0.25) is 5.91 Å². The summed E-state index contributed by atoms with van der Waals surface area (Å²) in [5.41, 5.74) is 2.60. The first-order chi connectivity index (χ1) is 18.8. The fourth-order valence-electron chi connectivity index (χ4n) is 7.21. The lowest BCUT2D eigenvalue weighted by Crippen LogP contribution is -2.79. The lowest BCUT2D eigenvalue weighted by molar-refractivity contribution is -0.963. The van der Waals surface area contributed by atoms with Crippen molar-refractivity contribution in [3.8, 4) is 0 Å². The molecule has 2 heterocycles. The molecule has 2 saturated heterocycles. The Kier molecular flexibility index (Phi) is 8.90. The van der Waals surface area contributed by atoms with Crippen molar-refractivity contribution in [3.05, 3.63) is 65.5 Å². The third-order valence-electron chi connectivity index (χ3n) is 9.13. The number of anilines is 1. The summed E-state index contributed by atoms with van der Waals surface area (Å²) in [5, 5.41) is 15.8. The van der Waals surface area contributed by atoms with E-state index < -0.39 is 11.6 Å². The lowest BCUT2D eigenvalue weighted by Gasteiger charge is -2.59. The smallest absolute Gasteiger partial charge is 0.258 e. The zero-order valence-electron chi connectivity index (χ0n) is 24.8. The summed E-state index contributed by atoms with van der Waals surface area (Å²) in [6.45, 7) is 15.5. The molecule has 0 bridgehead atoms. The van der Waals surface area contributed by atoms with E-state index in [-0.39, 0.29) is 40.3 Å². The summed E-state index contributed by atoms with van der Waals surface area (Å²) in [6, 6.07) is 14.8. The number of piperidine rings is 1. The van der Waals surface area contributed by atoms with Crippen molar-refractivity contribution in [1.29, 1.82) is 0 Å². The Morgan fingerprint density at radius 1 is 1.00 bits per heavy atom. The lowest BCUT2D eigenvalue weighted by atomic mass is 9.91. The van der Waals surface area contributed by atoms with E-state index in [1.807, 2.05) is 58.6 Å². The summed E-state index contributed by atoms with van der Waals surface area (Å²) >= 11 is 0. The van der Waals surface area contributed by atoms with E-state index in [0.29, 0.717) is 26.2 Å². The first-order valence-electron chi connectivity index (χ1n) is 14.5. The van der Waals surface area contributed by atoms with Crippen LogP contribution >= 0.6 is 0 Å². The minimum atomic E-state index is -0.997. The molecule has 0 aliphatic carbocycles. The zero-order chi connectivity index (χ0) is 29.2. The average Bonchev–Trinajstić information content (AvgIpc) is 2.89. The Hall–Kier alpha value is -2.97. The zero-order valence-corrected chi connectivity index (χ0v) is 24.8. The van der Waals surface area contributed by atoms with Crippen LogP contribution in [0.5, 0.6) is 0 Å². The molecule has 0 radical (unpaired) electrons. The number of nitrogens with zero attached hydrogens (tertiary/aromatic N) is 3. The Labute approximate surface area is 238 Å². The number of benzene rings is 2.